The number of carbonyl (C=O) groups excluding carboxylic acids is 4. The van der Waals surface area contributed by atoms with Crippen LogP contribution in [0, 0.1) is 10.8 Å². The molecule has 3 N–H and O–H groups in total. The SMILES string of the molecule is CCCCCCCC(=O)O[C@H]1/C(=C/C(=O)OC)C[C@H]2C[C@H](CO)OC(=O)C[C@H](O)CCO[C@H](C(C)(C)COC(=O)OC(C)(C)C)C[C@@H]3CCO[C@H](/C=C/C(C)(C)[C@]1(O)O2)O3. The molecule has 2 saturated heterocycles. The minimum atomic E-state index is -2.32. The molecule has 0 aliphatic carbocycles. The topological polar surface area (TPSA) is 212 Å². The number of rotatable bonds is 12. The van der Waals surface area contributed by atoms with E-state index in [9.17, 15) is 34.5 Å². The van der Waals surface area contributed by atoms with E-state index < -0.39 is 102 Å². The molecule has 0 spiro atoms. The molecule has 0 saturated carbocycles. The van der Waals surface area contributed by atoms with Gasteiger partial charge in [0.25, 0.3) is 0 Å². The number of esters is 3. The summed E-state index contributed by atoms with van der Waals surface area (Å²) < 4.78 is 52.5. The van der Waals surface area contributed by atoms with Gasteiger partial charge < -0.3 is 58.0 Å². The number of fused-ring (bicyclic) bond motifs is 4. The molecule has 0 unspecified atom stereocenters. The zero-order chi connectivity index (χ0) is 44.7. The quantitative estimate of drug-likeness (QED) is 0.0701. The first-order valence-corrected chi connectivity index (χ1v) is 21.4. The molecule has 3 aliphatic rings. The highest BCUT2D eigenvalue weighted by Crippen LogP contribution is 2.47. The fourth-order valence-electron chi connectivity index (χ4n) is 7.29. The highest BCUT2D eigenvalue weighted by molar-refractivity contribution is 5.83. The van der Waals surface area contributed by atoms with Crippen LogP contribution in [0.15, 0.2) is 23.8 Å². The Morgan fingerprint density at radius 1 is 0.967 bits per heavy atom. The second-order valence-electron chi connectivity index (χ2n) is 18.3. The van der Waals surface area contributed by atoms with Gasteiger partial charge in [-0.3, -0.25) is 9.59 Å². The number of carbonyl (C=O) groups is 4. The van der Waals surface area contributed by atoms with Crippen LogP contribution in [-0.4, -0.2) is 127 Å². The van der Waals surface area contributed by atoms with Crippen molar-refractivity contribution in [3.8, 4) is 0 Å². The van der Waals surface area contributed by atoms with E-state index in [4.69, 9.17) is 42.6 Å². The molecule has 60 heavy (non-hydrogen) atoms. The zero-order valence-corrected chi connectivity index (χ0v) is 37.2. The highest BCUT2D eigenvalue weighted by atomic mass is 16.7. The molecule has 3 rings (SSSR count). The van der Waals surface area contributed by atoms with Crippen LogP contribution in [0.1, 0.15) is 132 Å². The highest BCUT2D eigenvalue weighted by Gasteiger charge is 2.57. The van der Waals surface area contributed by atoms with Gasteiger partial charge in [-0.15, -0.1) is 0 Å². The Hall–Kier alpha value is -3.12. The lowest BCUT2D eigenvalue weighted by Gasteiger charge is -2.51. The first-order chi connectivity index (χ1) is 28.1. The number of ether oxygens (including phenoxy) is 9. The summed E-state index contributed by atoms with van der Waals surface area (Å²) in [5.41, 5.74) is -2.69. The van der Waals surface area contributed by atoms with E-state index in [2.05, 4.69) is 6.92 Å². The Bertz CT molecular complexity index is 1450. The molecule has 16 nitrogen and oxygen atoms in total. The third-order valence-electron chi connectivity index (χ3n) is 10.9. The normalized spacial score (nSPS) is 31.0. The summed E-state index contributed by atoms with van der Waals surface area (Å²) in [4.78, 5) is 51.7. The molecule has 0 aromatic heterocycles. The molecular weight excluding hydrogens is 784 g/mol. The van der Waals surface area contributed by atoms with Crippen LogP contribution in [0.25, 0.3) is 0 Å². The van der Waals surface area contributed by atoms with Crippen molar-refractivity contribution in [1.82, 2.24) is 0 Å². The first kappa shape index (κ1) is 51.2. The Labute approximate surface area is 355 Å². The lowest BCUT2D eigenvalue weighted by atomic mass is 9.74. The fourth-order valence-corrected chi connectivity index (χ4v) is 7.29. The number of cyclic esters (lactones) is 1. The van der Waals surface area contributed by atoms with Crippen molar-refractivity contribution in [2.45, 2.75) is 187 Å². The van der Waals surface area contributed by atoms with Crippen molar-refractivity contribution in [3.63, 3.8) is 0 Å². The second kappa shape index (κ2) is 23.4. The number of unbranched alkanes of at least 4 members (excludes halogenated alkanes) is 4. The molecule has 344 valence electrons. The summed E-state index contributed by atoms with van der Waals surface area (Å²) >= 11 is 0. The minimum Gasteiger partial charge on any atom is -0.466 e. The molecule has 3 aliphatic heterocycles. The molecule has 0 aromatic rings. The second-order valence-corrected chi connectivity index (χ2v) is 18.3. The summed E-state index contributed by atoms with van der Waals surface area (Å²) in [6, 6.07) is 0. The van der Waals surface area contributed by atoms with Gasteiger partial charge in [0.1, 0.15) is 18.3 Å². The largest absolute Gasteiger partial charge is 0.508 e. The van der Waals surface area contributed by atoms with Gasteiger partial charge >= 0.3 is 24.1 Å². The molecule has 2 fully saturated rings. The van der Waals surface area contributed by atoms with Gasteiger partial charge in [0, 0.05) is 42.8 Å². The third kappa shape index (κ3) is 16.3. The Morgan fingerprint density at radius 3 is 2.33 bits per heavy atom. The lowest BCUT2D eigenvalue weighted by molar-refractivity contribution is -0.327. The van der Waals surface area contributed by atoms with E-state index in [1.165, 1.54) is 7.11 Å². The van der Waals surface area contributed by atoms with Gasteiger partial charge in [-0.1, -0.05) is 66.4 Å². The number of methoxy groups -OCH3 is 1. The van der Waals surface area contributed by atoms with Crippen LogP contribution in [0.5, 0.6) is 0 Å². The van der Waals surface area contributed by atoms with Gasteiger partial charge in [-0.25, -0.2) is 9.59 Å². The summed E-state index contributed by atoms with van der Waals surface area (Å²) in [6.45, 7) is 14.1. The standard InChI is InChI=1S/C44H72O16/c1-10-11-12-13-14-15-35(47)58-39-29(23-36(48)52-9)22-32-25-33(27-45)56-37(49)24-30(46)17-20-53-34(42(5,6)28-55-40(50)60-41(2,3)4)26-31-18-21-54-38(57-31)16-19-43(7,8)44(39,51)59-32/h16,19,23,30-34,38-39,45-46,51H,10-15,17-18,20-22,24-28H2,1-9H3/b19-16+,29-23+/t30-,31+,32+,33-,34+,38+,39+,44-/m1/s1. The van der Waals surface area contributed by atoms with Crippen LogP contribution >= 0.6 is 0 Å². The molecule has 0 amide bonds. The van der Waals surface area contributed by atoms with E-state index in [0.29, 0.717) is 25.9 Å². The van der Waals surface area contributed by atoms with Crippen LogP contribution in [-0.2, 0) is 57.0 Å². The lowest BCUT2D eigenvalue weighted by Crippen LogP contribution is -2.62. The predicted octanol–water partition coefficient (Wildman–Crippen LogP) is 5.75. The molecule has 8 atom stereocenters. The van der Waals surface area contributed by atoms with Crippen molar-refractivity contribution >= 4 is 24.1 Å². The van der Waals surface area contributed by atoms with Crippen LogP contribution in [0.4, 0.5) is 4.79 Å². The van der Waals surface area contributed by atoms with Crippen molar-refractivity contribution in [1.29, 1.82) is 0 Å². The van der Waals surface area contributed by atoms with Crippen molar-refractivity contribution in [2.75, 3.05) is 33.5 Å². The zero-order valence-electron chi connectivity index (χ0n) is 37.2. The van der Waals surface area contributed by atoms with E-state index in [0.717, 1.165) is 31.8 Å². The molecule has 0 radical (unpaired) electrons. The van der Waals surface area contributed by atoms with E-state index in [1.807, 2.05) is 13.8 Å². The molecule has 0 aromatic carbocycles. The van der Waals surface area contributed by atoms with E-state index in [1.54, 1.807) is 46.8 Å². The maximum absolute atomic E-state index is 13.4. The van der Waals surface area contributed by atoms with Gasteiger partial charge in [-0.05, 0) is 58.1 Å². The Morgan fingerprint density at radius 2 is 1.67 bits per heavy atom. The fraction of sp³-hybridized carbons (Fsp3) is 0.818. The van der Waals surface area contributed by atoms with Crippen molar-refractivity contribution < 1.29 is 77.1 Å². The average Bonchev–Trinajstić information content (AvgIpc) is 3.16. The summed E-state index contributed by atoms with van der Waals surface area (Å²) in [5, 5.41) is 33.9. The van der Waals surface area contributed by atoms with E-state index in [-0.39, 0.29) is 44.5 Å². The van der Waals surface area contributed by atoms with Crippen LogP contribution in [0.3, 0.4) is 0 Å². The molecule has 3 heterocycles. The average molecular weight is 857 g/mol. The number of aliphatic hydroxyl groups excluding tert-OH is 2. The minimum absolute atomic E-state index is 0.0451. The molecule has 16 heteroatoms. The van der Waals surface area contributed by atoms with Gasteiger partial charge in [-0.2, -0.15) is 0 Å². The number of aliphatic hydroxyl groups is 3. The van der Waals surface area contributed by atoms with Gasteiger partial charge in [0.15, 0.2) is 12.4 Å². The summed E-state index contributed by atoms with van der Waals surface area (Å²) in [6.07, 6.45) is 1.88. The van der Waals surface area contributed by atoms with Gasteiger partial charge in [0.2, 0.25) is 5.79 Å². The van der Waals surface area contributed by atoms with Crippen LogP contribution in [0.2, 0.25) is 0 Å². The summed E-state index contributed by atoms with van der Waals surface area (Å²) in [7, 11) is 1.20. The maximum Gasteiger partial charge on any atom is 0.508 e. The molecule has 4 bridgehead atoms. The van der Waals surface area contributed by atoms with Crippen molar-refractivity contribution in [2.24, 2.45) is 10.8 Å². The Balaban J connectivity index is 2.02. The smallest absolute Gasteiger partial charge is 0.466 e. The Kier molecular flexibility index (Phi) is 19.9. The van der Waals surface area contributed by atoms with Crippen molar-refractivity contribution in [3.05, 3.63) is 23.8 Å². The predicted molar refractivity (Wildman–Crippen MR) is 217 cm³/mol. The third-order valence-corrected chi connectivity index (χ3v) is 10.9. The van der Waals surface area contributed by atoms with E-state index >= 15 is 0 Å². The number of hydrogen-bond acceptors (Lipinski definition) is 16. The molecular formula is C44H72O16. The summed E-state index contributed by atoms with van der Waals surface area (Å²) in [5.74, 6) is -4.45. The first-order valence-electron chi connectivity index (χ1n) is 21.4. The van der Waals surface area contributed by atoms with Gasteiger partial charge in [0.05, 0.1) is 51.2 Å². The van der Waals surface area contributed by atoms with Crippen LogP contribution < -0.4 is 0 Å². The maximum atomic E-state index is 13.4. The monoisotopic (exact) mass is 856 g/mol. The number of hydrogen-bond donors (Lipinski definition) is 3.